The van der Waals surface area contributed by atoms with Crippen LogP contribution in [-0.2, 0) is 23.1 Å². The zero-order valence-corrected chi connectivity index (χ0v) is 16.7. The molecular formula is C18H21BrN2O3S. The molecule has 3 rings (SSSR count). The highest BCUT2D eigenvalue weighted by Crippen LogP contribution is 2.32. The lowest BCUT2D eigenvalue weighted by molar-refractivity contribution is 0.285. The van der Waals surface area contributed by atoms with Crippen LogP contribution < -0.4 is 9.46 Å². The Bertz CT molecular complexity index is 884. The van der Waals surface area contributed by atoms with Gasteiger partial charge in [0.1, 0.15) is 5.75 Å². The van der Waals surface area contributed by atoms with E-state index in [-0.39, 0.29) is 4.90 Å². The quantitative estimate of drug-likeness (QED) is 0.761. The first-order chi connectivity index (χ1) is 11.9. The van der Waals surface area contributed by atoms with E-state index >= 15 is 0 Å². The normalized spacial score (nSPS) is 14.4. The standard InChI is InChI=1S/C18H21BrN2O3S/c1-3-7-21-11-13-5-4-6-18(17(13)12-21)20-25(22,23)16-9-14(19)8-15(10-16)24-2/h4-6,8-10,20H,3,7,11-12H2,1-2H3. The van der Waals surface area contributed by atoms with Crippen molar-refractivity contribution in [2.75, 3.05) is 18.4 Å². The van der Waals surface area contributed by atoms with Crippen LogP contribution in [0.15, 0.2) is 45.8 Å². The SMILES string of the molecule is CCCN1Cc2cccc(NS(=O)(=O)c3cc(Br)cc(OC)c3)c2C1. The molecule has 1 aliphatic heterocycles. The van der Waals surface area contributed by atoms with Gasteiger partial charge in [-0.15, -0.1) is 0 Å². The van der Waals surface area contributed by atoms with Gasteiger partial charge in [0.15, 0.2) is 0 Å². The van der Waals surface area contributed by atoms with Gasteiger partial charge in [-0.05, 0) is 42.3 Å². The molecule has 0 aliphatic carbocycles. The van der Waals surface area contributed by atoms with Gasteiger partial charge in [-0.25, -0.2) is 8.42 Å². The van der Waals surface area contributed by atoms with E-state index in [1.165, 1.54) is 18.7 Å². The Morgan fingerprint density at radius 3 is 2.76 bits per heavy atom. The number of rotatable bonds is 6. The third kappa shape index (κ3) is 3.99. The van der Waals surface area contributed by atoms with Gasteiger partial charge in [-0.1, -0.05) is 35.0 Å². The van der Waals surface area contributed by atoms with Crippen LogP contribution in [0.2, 0.25) is 0 Å². The minimum absolute atomic E-state index is 0.166. The predicted octanol–water partition coefficient (Wildman–Crippen LogP) is 3.98. The second-order valence-corrected chi connectivity index (χ2v) is 8.68. The van der Waals surface area contributed by atoms with E-state index in [4.69, 9.17) is 4.74 Å². The van der Waals surface area contributed by atoms with Crippen molar-refractivity contribution in [2.24, 2.45) is 0 Å². The smallest absolute Gasteiger partial charge is 0.262 e. The van der Waals surface area contributed by atoms with Crippen molar-refractivity contribution in [2.45, 2.75) is 31.3 Å². The van der Waals surface area contributed by atoms with Crippen LogP contribution in [0, 0.1) is 0 Å². The second-order valence-electron chi connectivity index (χ2n) is 6.09. The number of nitrogens with zero attached hydrogens (tertiary/aromatic N) is 1. The summed E-state index contributed by atoms with van der Waals surface area (Å²) in [6.07, 6.45) is 1.08. The van der Waals surface area contributed by atoms with E-state index in [1.54, 1.807) is 12.1 Å². The maximum Gasteiger partial charge on any atom is 0.262 e. The van der Waals surface area contributed by atoms with Crippen molar-refractivity contribution in [3.8, 4) is 5.75 Å². The predicted molar refractivity (Wildman–Crippen MR) is 102 cm³/mol. The molecule has 7 heteroatoms. The van der Waals surface area contributed by atoms with Crippen molar-refractivity contribution in [3.63, 3.8) is 0 Å². The Balaban J connectivity index is 1.91. The van der Waals surface area contributed by atoms with Gasteiger partial charge in [-0.3, -0.25) is 9.62 Å². The van der Waals surface area contributed by atoms with Gasteiger partial charge >= 0.3 is 0 Å². The first-order valence-corrected chi connectivity index (χ1v) is 10.4. The van der Waals surface area contributed by atoms with Gasteiger partial charge in [-0.2, -0.15) is 0 Å². The summed E-state index contributed by atoms with van der Waals surface area (Å²) in [5.41, 5.74) is 2.89. The monoisotopic (exact) mass is 424 g/mol. The number of halogens is 1. The number of methoxy groups -OCH3 is 1. The molecule has 0 fully saturated rings. The zero-order valence-electron chi connectivity index (χ0n) is 14.3. The molecule has 1 N–H and O–H groups in total. The second kappa shape index (κ2) is 7.35. The Morgan fingerprint density at radius 1 is 1.24 bits per heavy atom. The van der Waals surface area contributed by atoms with Crippen LogP contribution in [0.1, 0.15) is 24.5 Å². The topological polar surface area (TPSA) is 58.6 Å². The van der Waals surface area contributed by atoms with Gasteiger partial charge in [0.25, 0.3) is 10.0 Å². The molecule has 0 saturated heterocycles. The Kier molecular flexibility index (Phi) is 5.36. The summed E-state index contributed by atoms with van der Waals surface area (Å²) in [5.74, 6) is 0.488. The van der Waals surface area contributed by atoms with Crippen LogP contribution in [0.25, 0.3) is 0 Å². The van der Waals surface area contributed by atoms with E-state index in [9.17, 15) is 8.42 Å². The van der Waals surface area contributed by atoms with Gasteiger partial charge in [0, 0.05) is 23.6 Å². The highest BCUT2D eigenvalue weighted by molar-refractivity contribution is 9.10. The summed E-state index contributed by atoms with van der Waals surface area (Å²) in [4.78, 5) is 2.49. The molecule has 134 valence electrons. The summed E-state index contributed by atoms with van der Waals surface area (Å²) >= 11 is 3.33. The molecule has 1 heterocycles. The van der Waals surface area contributed by atoms with Crippen LogP contribution in [0.4, 0.5) is 5.69 Å². The first kappa shape index (κ1) is 18.2. The average molecular weight is 425 g/mol. The molecule has 25 heavy (non-hydrogen) atoms. The molecule has 0 atom stereocenters. The minimum Gasteiger partial charge on any atom is -0.497 e. The van der Waals surface area contributed by atoms with E-state index in [1.807, 2.05) is 12.1 Å². The van der Waals surface area contributed by atoms with E-state index in [0.29, 0.717) is 15.9 Å². The lowest BCUT2D eigenvalue weighted by atomic mass is 10.1. The maximum atomic E-state index is 12.8. The lowest BCUT2D eigenvalue weighted by Gasteiger charge is -2.14. The van der Waals surface area contributed by atoms with Gasteiger partial charge in [0.2, 0.25) is 0 Å². The van der Waals surface area contributed by atoms with Crippen molar-refractivity contribution >= 4 is 31.6 Å². The Labute approximate surface area is 157 Å². The van der Waals surface area contributed by atoms with Crippen molar-refractivity contribution in [3.05, 3.63) is 52.0 Å². The number of anilines is 1. The lowest BCUT2D eigenvalue weighted by Crippen LogP contribution is -2.17. The van der Waals surface area contributed by atoms with Gasteiger partial charge < -0.3 is 4.74 Å². The molecule has 0 aromatic heterocycles. The fourth-order valence-electron chi connectivity index (χ4n) is 3.07. The summed E-state index contributed by atoms with van der Waals surface area (Å²) in [6.45, 7) is 4.78. The Morgan fingerprint density at radius 2 is 2.04 bits per heavy atom. The molecule has 0 bridgehead atoms. The van der Waals surface area contributed by atoms with Gasteiger partial charge in [0.05, 0.1) is 17.7 Å². The van der Waals surface area contributed by atoms with E-state index in [2.05, 4.69) is 38.5 Å². The number of hydrogen-bond donors (Lipinski definition) is 1. The largest absolute Gasteiger partial charge is 0.497 e. The first-order valence-electron chi connectivity index (χ1n) is 8.13. The number of sulfonamides is 1. The average Bonchev–Trinajstić information content (AvgIpc) is 2.98. The van der Waals surface area contributed by atoms with Crippen LogP contribution in [-0.4, -0.2) is 27.0 Å². The van der Waals surface area contributed by atoms with E-state index < -0.39 is 10.0 Å². The highest BCUT2D eigenvalue weighted by atomic mass is 79.9. The Hall–Kier alpha value is -1.57. The molecule has 0 radical (unpaired) electrons. The third-order valence-electron chi connectivity index (χ3n) is 4.22. The molecule has 0 amide bonds. The number of ether oxygens (including phenoxy) is 1. The molecule has 0 unspecified atom stereocenters. The number of fused-ring (bicyclic) bond motifs is 1. The molecule has 1 aliphatic rings. The summed E-state index contributed by atoms with van der Waals surface area (Å²) < 4.78 is 34.2. The molecule has 2 aromatic rings. The van der Waals surface area contributed by atoms with Crippen LogP contribution in [0.3, 0.4) is 0 Å². The maximum absolute atomic E-state index is 12.8. The van der Waals surface area contributed by atoms with Crippen molar-refractivity contribution in [1.82, 2.24) is 4.90 Å². The van der Waals surface area contributed by atoms with Crippen molar-refractivity contribution in [1.29, 1.82) is 0 Å². The molecule has 0 spiro atoms. The molecular weight excluding hydrogens is 404 g/mol. The zero-order chi connectivity index (χ0) is 18.0. The van der Waals surface area contributed by atoms with Crippen LogP contribution in [0.5, 0.6) is 5.75 Å². The number of hydrogen-bond acceptors (Lipinski definition) is 4. The third-order valence-corrected chi connectivity index (χ3v) is 6.03. The highest BCUT2D eigenvalue weighted by Gasteiger charge is 2.24. The van der Waals surface area contributed by atoms with Crippen LogP contribution >= 0.6 is 15.9 Å². The van der Waals surface area contributed by atoms with E-state index in [0.717, 1.165) is 31.6 Å². The molecule has 5 nitrogen and oxygen atoms in total. The number of nitrogens with one attached hydrogen (secondary N) is 1. The summed E-state index contributed by atoms with van der Waals surface area (Å²) in [6, 6.07) is 10.6. The fourth-order valence-corrected chi connectivity index (χ4v) is 4.85. The molecule has 0 saturated carbocycles. The van der Waals surface area contributed by atoms with Crippen molar-refractivity contribution < 1.29 is 13.2 Å². The summed E-state index contributed by atoms with van der Waals surface area (Å²) in [7, 11) is -2.19. The minimum atomic E-state index is -3.70. The fraction of sp³-hybridized carbons (Fsp3) is 0.333. The summed E-state index contributed by atoms with van der Waals surface area (Å²) in [5, 5.41) is 0. The number of benzene rings is 2. The molecule has 2 aromatic carbocycles.